The van der Waals surface area contributed by atoms with E-state index in [0.717, 1.165) is 6.07 Å². The van der Waals surface area contributed by atoms with Gasteiger partial charge in [-0.15, -0.1) is 11.3 Å². The lowest BCUT2D eigenvalue weighted by molar-refractivity contribution is 0.0490. The first-order chi connectivity index (χ1) is 11.8. The van der Waals surface area contributed by atoms with Gasteiger partial charge in [0.1, 0.15) is 11.3 Å². The molecule has 2 N–H and O–H groups in total. The number of sulfonamides is 1. The molecule has 1 aromatic carbocycles. The zero-order chi connectivity index (χ0) is 18.4. The summed E-state index contributed by atoms with van der Waals surface area (Å²) in [4.78, 5) is 24.4. The van der Waals surface area contributed by atoms with Crippen LogP contribution in [-0.2, 0) is 14.8 Å². The Balaban J connectivity index is 1.97. The number of methoxy groups -OCH3 is 1. The zero-order valence-corrected chi connectivity index (χ0v) is 15.1. The maximum atomic E-state index is 12.2. The highest BCUT2D eigenvalue weighted by molar-refractivity contribution is 7.89. The molecule has 0 bridgehead atoms. The van der Waals surface area contributed by atoms with E-state index < -0.39 is 16.0 Å². The van der Waals surface area contributed by atoms with Crippen LogP contribution in [0.5, 0.6) is 5.75 Å². The second-order valence-electron chi connectivity index (χ2n) is 5.05. The Morgan fingerprint density at radius 2 is 2.00 bits per heavy atom. The van der Waals surface area contributed by atoms with E-state index in [1.807, 2.05) is 5.38 Å². The first-order valence-corrected chi connectivity index (χ1v) is 9.70. The minimum atomic E-state index is -3.95. The molecule has 0 atom stereocenters. The number of primary sulfonamides is 1. The largest absolute Gasteiger partial charge is 0.496 e. The van der Waals surface area contributed by atoms with Crippen LogP contribution in [0.3, 0.4) is 0 Å². The second kappa shape index (κ2) is 8.24. The number of carbonyl (C=O) groups is 2. The van der Waals surface area contributed by atoms with Crippen LogP contribution in [0.2, 0.25) is 0 Å². The fraction of sp³-hybridized carbons (Fsp3) is 0.250. The van der Waals surface area contributed by atoms with Crippen LogP contribution in [-0.4, -0.2) is 33.9 Å². The number of esters is 1. The van der Waals surface area contributed by atoms with Crippen molar-refractivity contribution in [2.75, 3.05) is 13.7 Å². The first kappa shape index (κ1) is 19.1. The number of thiophene rings is 1. The van der Waals surface area contributed by atoms with Gasteiger partial charge in [0, 0.05) is 6.42 Å². The van der Waals surface area contributed by atoms with Gasteiger partial charge in [0.15, 0.2) is 5.78 Å². The molecule has 25 heavy (non-hydrogen) atoms. The lowest BCUT2D eigenvalue weighted by Crippen LogP contribution is -2.15. The van der Waals surface area contributed by atoms with Gasteiger partial charge in [-0.05, 0) is 36.1 Å². The average molecular weight is 383 g/mol. The van der Waals surface area contributed by atoms with E-state index in [4.69, 9.17) is 14.6 Å². The number of nitrogens with two attached hydrogens (primary N) is 1. The summed E-state index contributed by atoms with van der Waals surface area (Å²) in [7, 11) is -2.60. The van der Waals surface area contributed by atoms with Gasteiger partial charge < -0.3 is 9.47 Å². The van der Waals surface area contributed by atoms with Crippen molar-refractivity contribution in [2.45, 2.75) is 17.7 Å². The number of ketones is 1. The minimum Gasteiger partial charge on any atom is -0.496 e. The van der Waals surface area contributed by atoms with E-state index >= 15 is 0 Å². The number of hydrogen-bond donors (Lipinski definition) is 1. The van der Waals surface area contributed by atoms with E-state index in [0.29, 0.717) is 11.3 Å². The summed E-state index contributed by atoms with van der Waals surface area (Å²) in [6, 6.07) is 7.21. The third-order valence-corrected chi connectivity index (χ3v) is 5.12. The number of rotatable bonds is 8. The summed E-state index contributed by atoms with van der Waals surface area (Å²) in [6.45, 7) is 0.0265. The number of Topliss-reactive ketones (excluding diaryl/α,β-unsaturated/α-hetero) is 1. The van der Waals surface area contributed by atoms with E-state index in [-0.39, 0.29) is 35.0 Å². The van der Waals surface area contributed by atoms with Crippen LogP contribution in [0.1, 0.15) is 32.9 Å². The highest BCUT2D eigenvalue weighted by Crippen LogP contribution is 2.23. The third kappa shape index (κ3) is 5.12. The Bertz CT molecular complexity index is 859. The summed E-state index contributed by atoms with van der Waals surface area (Å²) >= 11 is 1.36. The smallest absolute Gasteiger partial charge is 0.341 e. The summed E-state index contributed by atoms with van der Waals surface area (Å²) in [5, 5.41) is 6.88. The summed E-state index contributed by atoms with van der Waals surface area (Å²) in [5.41, 5.74) is -0.0430. The van der Waals surface area contributed by atoms with Crippen molar-refractivity contribution in [1.29, 1.82) is 0 Å². The van der Waals surface area contributed by atoms with Gasteiger partial charge in [-0.25, -0.2) is 18.4 Å². The molecule has 0 aliphatic rings. The molecule has 0 aliphatic carbocycles. The molecule has 0 fully saturated rings. The van der Waals surface area contributed by atoms with Crippen LogP contribution in [0.15, 0.2) is 40.6 Å². The first-order valence-electron chi connectivity index (χ1n) is 7.27. The molecular weight excluding hydrogens is 366 g/mol. The summed E-state index contributed by atoms with van der Waals surface area (Å²) in [5.74, 6) is -0.585. The van der Waals surface area contributed by atoms with Gasteiger partial charge in [0.05, 0.1) is 23.5 Å². The van der Waals surface area contributed by atoms with Crippen molar-refractivity contribution in [1.82, 2.24) is 0 Å². The number of carbonyl (C=O) groups excluding carboxylic acids is 2. The molecule has 1 aromatic heterocycles. The Labute approximate surface area is 149 Å². The van der Waals surface area contributed by atoms with Gasteiger partial charge in [-0.3, -0.25) is 4.79 Å². The Hall–Kier alpha value is -2.23. The van der Waals surface area contributed by atoms with Crippen molar-refractivity contribution < 1.29 is 27.5 Å². The van der Waals surface area contributed by atoms with Crippen LogP contribution in [0, 0.1) is 0 Å². The van der Waals surface area contributed by atoms with E-state index in [1.165, 1.54) is 30.6 Å². The molecule has 0 radical (unpaired) electrons. The SMILES string of the molecule is COc1ccc(S(N)(=O)=O)cc1C(=O)OCCCC(=O)c1cccs1. The minimum absolute atomic E-state index is 0.0140. The quantitative estimate of drug-likeness (QED) is 0.425. The molecule has 2 rings (SSSR count). The van der Waals surface area contributed by atoms with Crippen LogP contribution in [0.4, 0.5) is 0 Å². The number of benzene rings is 1. The van der Waals surface area contributed by atoms with Crippen LogP contribution >= 0.6 is 11.3 Å². The fourth-order valence-electron chi connectivity index (χ4n) is 2.06. The van der Waals surface area contributed by atoms with Gasteiger partial charge >= 0.3 is 5.97 Å². The molecule has 0 amide bonds. The molecule has 7 nitrogen and oxygen atoms in total. The second-order valence-corrected chi connectivity index (χ2v) is 7.56. The van der Waals surface area contributed by atoms with Crippen LogP contribution < -0.4 is 9.88 Å². The van der Waals surface area contributed by atoms with Crippen molar-refractivity contribution in [3.8, 4) is 5.75 Å². The molecule has 0 aliphatic heterocycles. The van der Waals surface area contributed by atoms with Gasteiger partial charge in [-0.2, -0.15) is 0 Å². The van der Waals surface area contributed by atoms with Gasteiger partial charge in [-0.1, -0.05) is 6.07 Å². The molecule has 0 saturated carbocycles. The van der Waals surface area contributed by atoms with Crippen molar-refractivity contribution in [3.63, 3.8) is 0 Å². The molecule has 0 unspecified atom stereocenters. The molecule has 9 heteroatoms. The fourth-order valence-corrected chi connectivity index (χ4v) is 3.29. The predicted molar refractivity (Wildman–Crippen MR) is 92.5 cm³/mol. The Morgan fingerprint density at radius 3 is 2.60 bits per heavy atom. The lowest BCUT2D eigenvalue weighted by Gasteiger charge is -2.10. The highest BCUT2D eigenvalue weighted by atomic mass is 32.2. The number of ether oxygens (including phenoxy) is 2. The lowest BCUT2D eigenvalue weighted by atomic mass is 10.2. The standard InChI is InChI=1S/C16H17NO6S2/c1-22-14-7-6-11(25(17,20)21)10-12(14)16(19)23-8-2-4-13(18)15-5-3-9-24-15/h3,5-7,9-10H,2,4,8H2,1H3,(H2,17,20,21). The van der Waals surface area contributed by atoms with Crippen LogP contribution in [0.25, 0.3) is 0 Å². The molecule has 134 valence electrons. The van der Waals surface area contributed by atoms with E-state index in [1.54, 1.807) is 12.1 Å². The average Bonchev–Trinajstić information content (AvgIpc) is 3.11. The maximum Gasteiger partial charge on any atom is 0.341 e. The van der Waals surface area contributed by atoms with Crippen molar-refractivity contribution >= 4 is 33.1 Å². The zero-order valence-electron chi connectivity index (χ0n) is 13.4. The summed E-state index contributed by atoms with van der Waals surface area (Å²) < 4.78 is 32.9. The Kier molecular flexibility index (Phi) is 6.29. The monoisotopic (exact) mass is 383 g/mol. The normalized spacial score (nSPS) is 11.1. The molecule has 1 heterocycles. The van der Waals surface area contributed by atoms with Gasteiger partial charge in [0.2, 0.25) is 10.0 Å². The number of hydrogen-bond acceptors (Lipinski definition) is 7. The molecular formula is C16H17NO6S2. The van der Waals surface area contributed by atoms with Crippen molar-refractivity contribution in [3.05, 3.63) is 46.2 Å². The predicted octanol–water partition coefficient (Wildman–Crippen LogP) is 2.22. The van der Waals surface area contributed by atoms with Gasteiger partial charge in [0.25, 0.3) is 0 Å². The third-order valence-electron chi connectivity index (χ3n) is 3.30. The van der Waals surface area contributed by atoms with E-state index in [2.05, 4.69) is 0 Å². The van der Waals surface area contributed by atoms with E-state index in [9.17, 15) is 18.0 Å². The molecule has 2 aromatic rings. The maximum absolute atomic E-state index is 12.2. The molecule has 0 saturated heterocycles. The Morgan fingerprint density at radius 1 is 1.24 bits per heavy atom. The highest BCUT2D eigenvalue weighted by Gasteiger charge is 2.18. The van der Waals surface area contributed by atoms with Crippen molar-refractivity contribution in [2.24, 2.45) is 5.14 Å². The summed E-state index contributed by atoms with van der Waals surface area (Å²) in [6.07, 6.45) is 0.613. The molecule has 0 spiro atoms. The topological polar surface area (TPSA) is 113 Å².